The van der Waals surface area contributed by atoms with Crippen molar-refractivity contribution in [2.75, 3.05) is 0 Å². The second kappa shape index (κ2) is 6.90. The SMILES string of the molecule is Cn1nc(C(F)(F)F)cc1C(=O)NCc1cc(-c2ccnc(Br)c2)no1. The third kappa shape index (κ3) is 3.93. The number of halogens is 4. The van der Waals surface area contributed by atoms with Crippen LogP contribution in [0.2, 0.25) is 0 Å². The minimum atomic E-state index is -4.62. The first-order valence-electron chi connectivity index (χ1n) is 7.21. The lowest BCUT2D eigenvalue weighted by molar-refractivity contribution is -0.141. The number of hydrogen-bond donors (Lipinski definition) is 1. The van der Waals surface area contributed by atoms with Crippen molar-refractivity contribution in [2.24, 2.45) is 7.05 Å². The fourth-order valence-corrected chi connectivity index (χ4v) is 2.54. The molecular formula is C15H11BrF3N5O2. The lowest BCUT2D eigenvalue weighted by atomic mass is 10.2. The van der Waals surface area contributed by atoms with Gasteiger partial charge in [0.05, 0.1) is 6.54 Å². The molecule has 0 unspecified atom stereocenters. The number of amides is 1. The molecule has 0 bridgehead atoms. The van der Waals surface area contributed by atoms with Crippen LogP contribution < -0.4 is 5.32 Å². The van der Waals surface area contributed by atoms with Crippen LogP contribution in [0.25, 0.3) is 11.3 Å². The molecule has 26 heavy (non-hydrogen) atoms. The monoisotopic (exact) mass is 429 g/mol. The standard InChI is InChI=1S/C15H11BrF3N5O2/c1-24-11(6-12(22-24)15(17,18)19)14(25)21-7-9-5-10(23-26-9)8-2-3-20-13(16)4-8/h2-6H,7H2,1H3,(H,21,25). The largest absolute Gasteiger partial charge is 0.435 e. The Morgan fingerprint density at radius 1 is 1.35 bits per heavy atom. The van der Waals surface area contributed by atoms with Gasteiger partial charge in [-0.1, -0.05) is 5.16 Å². The lowest BCUT2D eigenvalue weighted by Gasteiger charge is -2.02. The quantitative estimate of drug-likeness (QED) is 0.643. The van der Waals surface area contributed by atoms with Gasteiger partial charge in [0.25, 0.3) is 5.91 Å². The molecule has 11 heteroatoms. The molecule has 0 saturated carbocycles. The van der Waals surface area contributed by atoms with E-state index in [4.69, 9.17) is 4.52 Å². The van der Waals surface area contributed by atoms with E-state index in [-0.39, 0.29) is 12.2 Å². The summed E-state index contributed by atoms with van der Waals surface area (Å²) >= 11 is 3.25. The van der Waals surface area contributed by atoms with E-state index in [9.17, 15) is 18.0 Å². The van der Waals surface area contributed by atoms with E-state index in [0.717, 1.165) is 10.2 Å². The highest BCUT2D eigenvalue weighted by molar-refractivity contribution is 9.10. The number of carbonyl (C=O) groups excluding carboxylic acids is 1. The average molecular weight is 430 g/mol. The van der Waals surface area contributed by atoms with E-state index in [1.807, 2.05) is 0 Å². The van der Waals surface area contributed by atoms with Gasteiger partial charge in [0.15, 0.2) is 11.5 Å². The van der Waals surface area contributed by atoms with Gasteiger partial charge in [0, 0.05) is 30.9 Å². The van der Waals surface area contributed by atoms with Gasteiger partial charge in [-0.3, -0.25) is 9.48 Å². The number of nitrogens with one attached hydrogen (secondary N) is 1. The van der Waals surface area contributed by atoms with Crippen LogP contribution in [-0.4, -0.2) is 25.8 Å². The predicted octanol–water partition coefficient (Wildman–Crippen LogP) is 3.18. The Labute approximate surface area is 153 Å². The van der Waals surface area contributed by atoms with Crippen molar-refractivity contribution in [3.8, 4) is 11.3 Å². The Morgan fingerprint density at radius 2 is 2.12 bits per heavy atom. The molecule has 3 rings (SSSR count). The fraction of sp³-hybridized carbons (Fsp3) is 0.200. The Hall–Kier alpha value is -2.69. The maximum absolute atomic E-state index is 12.6. The first kappa shape index (κ1) is 18.1. The number of carbonyl (C=O) groups is 1. The second-order valence-electron chi connectivity index (χ2n) is 5.26. The van der Waals surface area contributed by atoms with Gasteiger partial charge in [-0.25, -0.2) is 4.98 Å². The number of nitrogens with zero attached hydrogens (tertiary/aromatic N) is 4. The molecule has 0 aliphatic rings. The highest BCUT2D eigenvalue weighted by atomic mass is 79.9. The molecule has 1 amide bonds. The summed E-state index contributed by atoms with van der Waals surface area (Å²) < 4.78 is 44.6. The van der Waals surface area contributed by atoms with Crippen molar-refractivity contribution in [3.05, 3.63) is 52.2 Å². The Bertz CT molecular complexity index is 951. The van der Waals surface area contributed by atoms with Gasteiger partial charge in [-0.2, -0.15) is 18.3 Å². The number of alkyl halides is 3. The number of aromatic nitrogens is 4. The zero-order valence-electron chi connectivity index (χ0n) is 13.2. The summed E-state index contributed by atoms with van der Waals surface area (Å²) in [6, 6.07) is 5.79. The number of pyridine rings is 1. The third-order valence-electron chi connectivity index (χ3n) is 3.41. The molecule has 136 valence electrons. The zero-order chi connectivity index (χ0) is 18.9. The van der Waals surface area contributed by atoms with Gasteiger partial charge >= 0.3 is 6.18 Å². The molecule has 0 aliphatic carbocycles. The molecule has 1 N–H and O–H groups in total. The van der Waals surface area contributed by atoms with Crippen molar-refractivity contribution in [1.82, 2.24) is 25.2 Å². The molecule has 7 nitrogen and oxygen atoms in total. The molecule has 3 aromatic heterocycles. The summed E-state index contributed by atoms with van der Waals surface area (Å²) in [4.78, 5) is 16.1. The molecule has 0 aromatic carbocycles. The molecule has 0 atom stereocenters. The van der Waals surface area contributed by atoms with E-state index < -0.39 is 17.8 Å². The van der Waals surface area contributed by atoms with E-state index in [1.54, 1.807) is 24.4 Å². The summed E-state index contributed by atoms with van der Waals surface area (Å²) in [5.41, 5.74) is -0.0441. The van der Waals surface area contributed by atoms with E-state index in [1.165, 1.54) is 7.05 Å². The molecule has 0 spiro atoms. The molecule has 0 saturated heterocycles. The molecule has 3 heterocycles. The van der Waals surface area contributed by atoms with Crippen LogP contribution in [-0.2, 0) is 19.8 Å². The van der Waals surface area contributed by atoms with Crippen LogP contribution in [0, 0.1) is 0 Å². The maximum atomic E-state index is 12.6. The number of aryl methyl sites for hydroxylation is 1. The molecule has 0 radical (unpaired) electrons. The number of rotatable bonds is 4. The Morgan fingerprint density at radius 3 is 2.77 bits per heavy atom. The van der Waals surface area contributed by atoms with Crippen molar-refractivity contribution >= 4 is 21.8 Å². The van der Waals surface area contributed by atoms with Crippen LogP contribution in [0.15, 0.2) is 39.6 Å². The Kier molecular flexibility index (Phi) is 4.81. The minimum Gasteiger partial charge on any atom is -0.359 e. The summed E-state index contributed by atoms with van der Waals surface area (Å²) in [6.07, 6.45) is -3.02. The van der Waals surface area contributed by atoms with Gasteiger partial charge < -0.3 is 9.84 Å². The van der Waals surface area contributed by atoms with Crippen molar-refractivity contribution < 1.29 is 22.5 Å². The Balaban J connectivity index is 1.68. The fourth-order valence-electron chi connectivity index (χ4n) is 2.17. The van der Waals surface area contributed by atoms with E-state index in [2.05, 4.69) is 36.5 Å². The maximum Gasteiger partial charge on any atom is 0.435 e. The molecule has 0 aliphatic heterocycles. The average Bonchev–Trinajstić information content (AvgIpc) is 3.19. The molecule has 0 fully saturated rings. The smallest absolute Gasteiger partial charge is 0.359 e. The van der Waals surface area contributed by atoms with E-state index >= 15 is 0 Å². The second-order valence-corrected chi connectivity index (χ2v) is 6.08. The van der Waals surface area contributed by atoms with Crippen LogP contribution in [0.5, 0.6) is 0 Å². The van der Waals surface area contributed by atoms with Crippen LogP contribution in [0.3, 0.4) is 0 Å². The normalized spacial score (nSPS) is 11.6. The van der Waals surface area contributed by atoms with Crippen LogP contribution in [0.1, 0.15) is 21.9 Å². The summed E-state index contributed by atoms with van der Waals surface area (Å²) in [5.74, 6) is -0.361. The van der Waals surface area contributed by atoms with Gasteiger partial charge in [0.2, 0.25) is 0 Å². The van der Waals surface area contributed by atoms with Crippen LogP contribution in [0.4, 0.5) is 13.2 Å². The lowest BCUT2D eigenvalue weighted by Crippen LogP contribution is -2.24. The molecular weight excluding hydrogens is 419 g/mol. The predicted molar refractivity (Wildman–Crippen MR) is 86.8 cm³/mol. The topological polar surface area (TPSA) is 85.8 Å². The summed E-state index contributed by atoms with van der Waals surface area (Å²) in [5, 5.41) is 9.66. The first-order valence-corrected chi connectivity index (χ1v) is 8.00. The van der Waals surface area contributed by atoms with Crippen molar-refractivity contribution in [2.45, 2.75) is 12.7 Å². The van der Waals surface area contributed by atoms with Crippen LogP contribution >= 0.6 is 15.9 Å². The van der Waals surface area contributed by atoms with Gasteiger partial charge in [0.1, 0.15) is 16.0 Å². The highest BCUT2D eigenvalue weighted by Crippen LogP contribution is 2.28. The number of hydrogen-bond acceptors (Lipinski definition) is 5. The summed E-state index contributed by atoms with van der Waals surface area (Å²) in [6.45, 7) is -0.0371. The minimum absolute atomic E-state index is 0.0371. The van der Waals surface area contributed by atoms with E-state index in [0.29, 0.717) is 22.1 Å². The highest BCUT2D eigenvalue weighted by Gasteiger charge is 2.35. The van der Waals surface area contributed by atoms with Crippen molar-refractivity contribution in [3.63, 3.8) is 0 Å². The molecule has 3 aromatic rings. The summed E-state index contributed by atoms with van der Waals surface area (Å²) in [7, 11) is 1.26. The first-order chi connectivity index (χ1) is 12.2. The van der Waals surface area contributed by atoms with Gasteiger partial charge in [-0.15, -0.1) is 0 Å². The van der Waals surface area contributed by atoms with Crippen molar-refractivity contribution in [1.29, 1.82) is 0 Å². The van der Waals surface area contributed by atoms with Gasteiger partial charge in [-0.05, 0) is 28.1 Å². The third-order valence-corrected chi connectivity index (χ3v) is 3.84. The zero-order valence-corrected chi connectivity index (χ0v) is 14.8.